The molecule has 19 heavy (non-hydrogen) atoms. The third-order valence-corrected chi connectivity index (χ3v) is 3.25. The van der Waals surface area contributed by atoms with Gasteiger partial charge in [-0.05, 0) is 43.9 Å². The Kier molecular flexibility index (Phi) is 4.80. The van der Waals surface area contributed by atoms with E-state index >= 15 is 0 Å². The number of ether oxygens (including phenoxy) is 1. The van der Waals surface area contributed by atoms with Gasteiger partial charge in [-0.1, -0.05) is 12.1 Å². The maximum absolute atomic E-state index is 10.8. The van der Waals surface area contributed by atoms with Crippen molar-refractivity contribution in [2.24, 2.45) is 0 Å². The van der Waals surface area contributed by atoms with Gasteiger partial charge in [-0.2, -0.15) is 0 Å². The van der Waals surface area contributed by atoms with Gasteiger partial charge in [-0.25, -0.2) is 0 Å². The Bertz CT molecular complexity index is 429. The predicted octanol–water partition coefficient (Wildman–Crippen LogP) is 2.31. The van der Waals surface area contributed by atoms with Crippen LogP contribution in [-0.2, 0) is 4.79 Å². The summed E-state index contributed by atoms with van der Waals surface area (Å²) in [6.07, 6.45) is 3.12. The first-order valence-electron chi connectivity index (χ1n) is 6.80. The van der Waals surface area contributed by atoms with Crippen LogP contribution in [-0.4, -0.2) is 41.7 Å². The third kappa shape index (κ3) is 4.91. The van der Waals surface area contributed by atoms with E-state index in [0.29, 0.717) is 12.6 Å². The van der Waals surface area contributed by atoms with Crippen LogP contribution in [0.4, 0.5) is 0 Å². The topological polar surface area (TPSA) is 49.8 Å². The van der Waals surface area contributed by atoms with Gasteiger partial charge in [0.2, 0.25) is 0 Å². The van der Waals surface area contributed by atoms with Gasteiger partial charge < -0.3 is 9.84 Å². The second-order valence-corrected chi connectivity index (χ2v) is 5.11. The molecule has 1 saturated carbocycles. The van der Waals surface area contributed by atoms with E-state index in [2.05, 4.69) is 0 Å². The van der Waals surface area contributed by atoms with Gasteiger partial charge in [0, 0.05) is 12.6 Å². The van der Waals surface area contributed by atoms with E-state index in [1.165, 1.54) is 5.56 Å². The lowest BCUT2D eigenvalue weighted by Gasteiger charge is -2.19. The van der Waals surface area contributed by atoms with Gasteiger partial charge in [0.1, 0.15) is 5.75 Å². The number of aryl methyl sites for hydroxylation is 1. The molecule has 0 spiro atoms. The highest BCUT2D eigenvalue weighted by atomic mass is 16.5. The minimum Gasteiger partial charge on any atom is -0.494 e. The minimum absolute atomic E-state index is 0.148. The Morgan fingerprint density at radius 2 is 2.26 bits per heavy atom. The zero-order valence-corrected chi connectivity index (χ0v) is 11.3. The number of carboxylic acids is 1. The van der Waals surface area contributed by atoms with Crippen molar-refractivity contribution in [3.63, 3.8) is 0 Å². The van der Waals surface area contributed by atoms with E-state index in [0.717, 1.165) is 31.6 Å². The molecule has 4 nitrogen and oxygen atoms in total. The van der Waals surface area contributed by atoms with E-state index < -0.39 is 5.97 Å². The molecule has 1 aliphatic carbocycles. The summed E-state index contributed by atoms with van der Waals surface area (Å²) in [5, 5.41) is 8.85. The number of nitrogens with zero attached hydrogens (tertiary/aromatic N) is 1. The number of rotatable bonds is 8. The van der Waals surface area contributed by atoms with E-state index in [-0.39, 0.29) is 6.54 Å². The SMILES string of the molecule is Cc1cccc(OCCCN(CC(=O)O)C2CC2)c1. The smallest absolute Gasteiger partial charge is 0.317 e. The molecule has 2 rings (SSSR count). The van der Waals surface area contributed by atoms with Crippen LogP contribution >= 0.6 is 0 Å². The molecule has 0 aliphatic heterocycles. The van der Waals surface area contributed by atoms with Gasteiger partial charge in [0.15, 0.2) is 0 Å². The zero-order chi connectivity index (χ0) is 13.7. The molecule has 104 valence electrons. The van der Waals surface area contributed by atoms with Gasteiger partial charge in [-0.3, -0.25) is 9.69 Å². The lowest BCUT2D eigenvalue weighted by atomic mass is 10.2. The molecule has 0 heterocycles. The summed E-state index contributed by atoms with van der Waals surface area (Å²) in [6.45, 7) is 3.61. The summed E-state index contributed by atoms with van der Waals surface area (Å²) in [6, 6.07) is 8.45. The van der Waals surface area contributed by atoms with Crippen LogP contribution in [0.15, 0.2) is 24.3 Å². The number of carboxylic acid groups (broad SMARTS) is 1. The molecular weight excluding hydrogens is 242 g/mol. The molecule has 1 aromatic carbocycles. The quantitative estimate of drug-likeness (QED) is 0.731. The number of hydrogen-bond donors (Lipinski definition) is 1. The summed E-state index contributed by atoms with van der Waals surface area (Å²) in [7, 11) is 0. The summed E-state index contributed by atoms with van der Waals surface area (Å²) in [4.78, 5) is 12.8. The molecule has 0 saturated heterocycles. The van der Waals surface area contributed by atoms with Crippen molar-refractivity contribution >= 4 is 5.97 Å². The Labute approximate surface area is 114 Å². The van der Waals surface area contributed by atoms with E-state index in [1.807, 2.05) is 36.1 Å². The van der Waals surface area contributed by atoms with Crippen LogP contribution in [0.1, 0.15) is 24.8 Å². The molecule has 0 atom stereocenters. The number of aliphatic carboxylic acids is 1. The van der Waals surface area contributed by atoms with Gasteiger partial charge in [0.25, 0.3) is 0 Å². The predicted molar refractivity (Wildman–Crippen MR) is 73.5 cm³/mol. The van der Waals surface area contributed by atoms with Crippen molar-refractivity contribution in [3.05, 3.63) is 29.8 Å². The molecule has 4 heteroatoms. The van der Waals surface area contributed by atoms with Crippen LogP contribution < -0.4 is 4.74 Å². The fraction of sp³-hybridized carbons (Fsp3) is 0.533. The highest BCUT2D eigenvalue weighted by Crippen LogP contribution is 2.26. The number of carbonyl (C=O) groups is 1. The average Bonchev–Trinajstić information content (AvgIpc) is 3.17. The Morgan fingerprint density at radius 1 is 1.47 bits per heavy atom. The fourth-order valence-electron chi connectivity index (χ4n) is 2.17. The van der Waals surface area contributed by atoms with Gasteiger partial charge in [0.05, 0.1) is 13.2 Å². The maximum Gasteiger partial charge on any atom is 0.317 e. The number of hydrogen-bond acceptors (Lipinski definition) is 3. The molecule has 0 aromatic heterocycles. The molecule has 0 bridgehead atoms. The minimum atomic E-state index is -0.744. The summed E-state index contributed by atoms with van der Waals surface area (Å²) < 4.78 is 5.67. The molecule has 0 amide bonds. The Balaban J connectivity index is 1.69. The normalized spacial score (nSPS) is 14.6. The maximum atomic E-state index is 10.8. The number of benzene rings is 1. The van der Waals surface area contributed by atoms with Crippen LogP contribution in [0, 0.1) is 6.92 Å². The molecule has 0 unspecified atom stereocenters. The first kappa shape index (κ1) is 13.9. The highest BCUT2D eigenvalue weighted by Gasteiger charge is 2.29. The lowest BCUT2D eigenvalue weighted by Crippen LogP contribution is -2.33. The van der Waals surface area contributed by atoms with Gasteiger partial charge in [-0.15, -0.1) is 0 Å². The third-order valence-electron chi connectivity index (χ3n) is 3.25. The van der Waals surface area contributed by atoms with Crippen LogP contribution in [0.5, 0.6) is 5.75 Å². The molecular formula is C15H21NO3. The zero-order valence-electron chi connectivity index (χ0n) is 11.3. The standard InChI is InChI=1S/C15H21NO3/c1-12-4-2-5-14(10-12)19-9-3-8-16(11-15(17)18)13-6-7-13/h2,4-5,10,13H,3,6-9,11H2,1H3,(H,17,18). The molecule has 1 aromatic rings. The molecule has 0 radical (unpaired) electrons. The first-order chi connectivity index (χ1) is 9.15. The molecule has 1 N–H and O–H groups in total. The lowest BCUT2D eigenvalue weighted by molar-refractivity contribution is -0.138. The fourth-order valence-corrected chi connectivity index (χ4v) is 2.17. The molecule has 1 fully saturated rings. The van der Waals surface area contributed by atoms with Crippen LogP contribution in [0.25, 0.3) is 0 Å². The second kappa shape index (κ2) is 6.57. The average molecular weight is 263 g/mol. The van der Waals surface area contributed by atoms with E-state index in [1.54, 1.807) is 0 Å². The van der Waals surface area contributed by atoms with Gasteiger partial charge >= 0.3 is 5.97 Å². The first-order valence-corrected chi connectivity index (χ1v) is 6.80. The molecule has 1 aliphatic rings. The van der Waals surface area contributed by atoms with E-state index in [9.17, 15) is 4.79 Å². The Morgan fingerprint density at radius 3 is 2.89 bits per heavy atom. The summed E-state index contributed by atoms with van der Waals surface area (Å²) >= 11 is 0. The van der Waals surface area contributed by atoms with Crippen molar-refractivity contribution in [1.29, 1.82) is 0 Å². The summed E-state index contributed by atoms with van der Waals surface area (Å²) in [5.41, 5.74) is 1.18. The highest BCUT2D eigenvalue weighted by molar-refractivity contribution is 5.69. The van der Waals surface area contributed by atoms with Crippen molar-refractivity contribution in [1.82, 2.24) is 4.90 Å². The second-order valence-electron chi connectivity index (χ2n) is 5.11. The van der Waals surface area contributed by atoms with Crippen LogP contribution in [0.2, 0.25) is 0 Å². The van der Waals surface area contributed by atoms with Crippen LogP contribution in [0.3, 0.4) is 0 Å². The van der Waals surface area contributed by atoms with E-state index in [4.69, 9.17) is 9.84 Å². The van der Waals surface area contributed by atoms with Crippen molar-refractivity contribution in [3.8, 4) is 5.75 Å². The Hall–Kier alpha value is -1.55. The monoisotopic (exact) mass is 263 g/mol. The summed E-state index contributed by atoms with van der Waals surface area (Å²) in [5.74, 6) is 0.141. The van der Waals surface area contributed by atoms with Crippen molar-refractivity contribution in [2.45, 2.75) is 32.2 Å². The van der Waals surface area contributed by atoms with Crippen molar-refractivity contribution in [2.75, 3.05) is 19.7 Å². The van der Waals surface area contributed by atoms with Crippen molar-refractivity contribution < 1.29 is 14.6 Å². The largest absolute Gasteiger partial charge is 0.494 e.